The lowest BCUT2D eigenvalue weighted by Gasteiger charge is -2.04. The molecule has 2 aromatic carbocycles. The highest BCUT2D eigenvalue weighted by molar-refractivity contribution is 5.70. The van der Waals surface area contributed by atoms with Crippen LogP contribution in [-0.2, 0) is 9.47 Å². The number of hydrogen-bond donors (Lipinski definition) is 0. The molecule has 2 atom stereocenters. The Kier molecular flexibility index (Phi) is 4.49. The fourth-order valence-electron chi connectivity index (χ4n) is 2.25. The molecule has 0 bridgehead atoms. The molecule has 4 rings (SSSR count). The summed E-state index contributed by atoms with van der Waals surface area (Å²) >= 11 is 0. The minimum absolute atomic E-state index is 0.285. The van der Waals surface area contributed by atoms with Crippen molar-refractivity contribution in [3.8, 4) is 11.5 Å². The van der Waals surface area contributed by atoms with E-state index in [0.29, 0.717) is 13.2 Å². The smallest absolute Gasteiger partial charge is 0.119 e. The predicted molar refractivity (Wildman–Crippen MR) is 92.3 cm³/mol. The van der Waals surface area contributed by atoms with E-state index in [1.54, 1.807) is 0 Å². The lowest BCUT2D eigenvalue weighted by atomic mass is 10.1. The zero-order valence-corrected chi connectivity index (χ0v) is 13.4. The van der Waals surface area contributed by atoms with Crippen LogP contribution in [0.5, 0.6) is 11.5 Å². The Labute approximate surface area is 141 Å². The molecule has 2 unspecified atom stereocenters. The second-order valence-electron chi connectivity index (χ2n) is 6.00. The van der Waals surface area contributed by atoms with Crippen LogP contribution in [0.15, 0.2) is 48.5 Å². The number of rotatable bonds is 8. The van der Waals surface area contributed by atoms with Gasteiger partial charge < -0.3 is 18.9 Å². The summed E-state index contributed by atoms with van der Waals surface area (Å²) in [6.07, 6.45) is 4.74. The molecule has 4 heteroatoms. The molecular formula is C20H20O4. The lowest BCUT2D eigenvalue weighted by molar-refractivity contribution is 0.263. The van der Waals surface area contributed by atoms with Crippen LogP contribution in [0, 0.1) is 0 Å². The minimum Gasteiger partial charge on any atom is -0.491 e. The molecule has 2 aromatic rings. The van der Waals surface area contributed by atoms with Crippen LogP contribution in [0.25, 0.3) is 12.2 Å². The van der Waals surface area contributed by atoms with Gasteiger partial charge in [-0.1, -0.05) is 36.4 Å². The molecule has 2 aliphatic heterocycles. The van der Waals surface area contributed by atoms with E-state index in [1.165, 1.54) is 0 Å². The monoisotopic (exact) mass is 324 g/mol. The van der Waals surface area contributed by atoms with Gasteiger partial charge in [-0.05, 0) is 35.4 Å². The Morgan fingerprint density at radius 3 is 1.42 bits per heavy atom. The molecule has 124 valence electrons. The van der Waals surface area contributed by atoms with Crippen molar-refractivity contribution in [1.29, 1.82) is 0 Å². The highest BCUT2D eigenvalue weighted by Gasteiger charge is 2.23. The SMILES string of the molecule is C(=C\c1ccc(OCC2CO2)cc1)/c1ccc(OCC2CO2)cc1. The summed E-state index contributed by atoms with van der Waals surface area (Å²) < 4.78 is 21.5. The van der Waals surface area contributed by atoms with Crippen LogP contribution in [0.1, 0.15) is 11.1 Å². The van der Waals surface area contributed by atoms with Gasteiger partial charge in [-0.15, -0.1) is 0 Å². The molecule has 2 fully saturated rings. The van der Waals surface area contributed by atoms with Crippen LogP contribution in [-0.4, -0.2) is 38.6 Å². The van der Waals surface area contributed by atoms with Crippen LogP contribution < -0.4 is 9.47 Å². The van der Waals surface area contributed by atoms with Crippen molar-refractivity contribution >= 4 is 12.2 Å². The van der Waals surface area contributed by atoms with Gasteiger partial charge in [-0.2, -0.15) is 0 Å². The molecule has 0 amide bonds. The molecule has 2 heterocycles. The molecule has 0 saturated carbocycles. The largest absolute Gasteiger partial charge is 0.491 e. The van der Waals surface area contributed by atoms with Crippen molar-refractivity contribution in [2.45, 2.75) is 12.2 Å². The average Bonchev–Trinajstić information content (AvgIpc) is 3.53. The maximum Gasteiger partial charge on any atom is 0.119 e. The van der Waals surface area contributed by atoms with Gasteiger partial charge in [0.25, 0.3) is 0 Å². The van der Waals surface area contributed by atoms with E-state index in [0.717, 1.165) is 35.8 Å². The fourth-order valence-corrected chi connectivity index (χ4v) is 2.25. The van der Waals surface area contributed by atoms with Crippen LogP contribution in [0.3, 0.4) is 0 Å². The van der Waals surface area contributed by atoms with Gasteiger partial charge in [0.2, 0.25) is 0 Å². The Bertz CT molecular complexity index is 621. The topological polar surface area (TPSA) is 43.5 Å². The third-order valence-electron chi connectivity index (χ3n) is 3.90. The summed E-state index contributed by atoms with van der Waals surface area (Å²) in [5.41, 5.74) is 2.27. The van der Waals surface area contributed by atoms with Crippen molar-refractivity contribution in [3.05, 3.63) is 59.7 Å². The fraction of sp³-hybridized carbons (Fsp3) is 0.300. The van der Waals surface area contributed by atoms with Gasteiger partial charge in [0.15, 0.2) is 0 Å². The zero-order chi connectivity index (χ0) is 16.2. The molecule has 0 spiro atoms. The first kappa shape index (κ1) is 15.2. The first-order valence-electron chi connectivity index (χ1n) is 8.22. The summed E-state index contributed by atoms with van der Waals surface area (Å²) in [6, 6.07) is 16.1. The average molecular weight is 324 g/mol. The highest BCUT2D eigenvalue weighted by atomic mass is 16.6. The Morgan fingerprint density at radius 1 is 0.708 bits per heavy atom. The normalized spacial score (nSPS) is 21.7. The molecule has 0 aliphatic carbocycles. The maximum absolute atomic E-state index is 5.63. The van der Waals surface area contributed by atoms with Crippen molar-refractivity contribution in [1.82, 2.24) is 0 Å². The van der Waals surface area contributed by atoms with Gasteiger partial charge in [-0.25, -0.2) is 0 Å². The third kappa shape index (κ3) is 4.60. The Balaban J connectivity index is 1.29. The van der Waals surface area contributed by atoms with E-state index >= 15 is 0 Å². The summed E-state index contributed by atoms with van der Waals surface area (Å²) in [5.74, 6) is 1.76. The molecule has 24 heavy (non-hydrogen) atoms. The quantitative estimate of drug-likeness (QED) is 0.551. The van der Waals surface area contributed by atoms with Crippen LogP contribution in [0.2, 0.25) is 0 Å². The maximum atomic E-state index is 5.63. The number of epoxide rings is 2. The number of ether oxygens (including phenoxy) is 4. The van der Waals surface area contributed by atoms with Gasteiger partial charge in [-0.3, -0.25) is 0 Å². The molecule has 4 nitrogen and oxygen atoms in total. The molecule has 0 aromatic heterocycles. The van der Waals surface area contributed by atoms with Crippen molar-refractivity contribution in [2.75, 3.05) is 26.4 Å². The summed E-state index contributed by atoms with van der Waals surface area (Å²) in [5, 5.41) is 0. The van der Waals surface area contributed by atoms with Crippen molar-refractivity contribution in [3.63, 3.8) is 0 Å². The molecule has 0 N–H and O–H groups in total. The molecule has 0 radical (unpaired) electrons. The van der Waals surface area contributed by atoms with E-state index in [2.05, 4.69) is 12.2 Å². The minimum atomic E-state index is 0.285. The number of benzene rings is 2. The highest BCUT2D eigenvalue weighted by Crippen LogP contribution is 2.19. The van der Waals surface area contributed by atoms with Gasteiger partial charge >= 0.3 is 0 Å². The Morgan fingerprint density at radius 2 is 1.08 bits per heavy atom. The summed E-state index contributed by atoms with van der Waals surface area (Å²) in [7, 11) is 0. The van der Waals surface area contributed by atoms with Crippen LogP contribution in [0.4, 0.5) is 0 Å². The van der Waals surface area contributed by atoms with Gasteiger partial charge in [0, 0.05) is 0 Å². The van der Waals surface area contributed by atoms with Gasteiger partial charge in [0.05, 0.1) is 13.2 Å². The van der Waals surface area contributed by atoms with E-state index in [9.17, 15) is 0 Å². The summed E-state index contributed by atoms with van der Waals surface area (Å²) in [4.78, 5) is 0. The summed E-state index contributed by atoms with van der Waals surface area (Å²) in [6.45, 7) is 2.91. The predicted octanol–water partition coefficient (Wildman–Crippen LogP) is 3.41. The standard InChI is InChI=1S/C20H20O4/c1(15-3-7-17(8-4-15)21-11-19-13-23-19)2-16-5-9-18(10-6-16)22-12-20-14-24-20/h1-10,19-20H,11-14H2/b2-1+. The first-order valence-corrected chi connectivity index (χ1v) is 8.22. The second kappa shape index (κ2) is 7.07. The second-order valence-corrected chi connectivity index (χ2v) is 6.00. The molecular weight excluding hydrogens is 304 g/mol. The van der Waals surface area contributed by atoms with Crippen molar-refractivity contribution < 1.29 is 18.9 Å². The lowest BCUT2D eigenvalue weighted by Crippen LogP contribution is -2.03. The van der Waals surface area contributed by atoms with Gasteiger partial charge in [0.1, 0.15) is 36.9 Å². The van der Waals surface area contributed by atoms with Crippen LogP contribution >= 0.6 is 0 Å². The number of hydrogen-bond acceptors (Lipinski definition) is 4. The zero-order valence-electron chi connectivity index (χ0n) is 13.4. The molecule has 2 saturated heterocycles. The van der Waals surface area contributed by atoms with E-state index in [-0.39, 0.29) is 12.2 Å². The van der Waals surface area contributed by atoms with E-state index in [1.807, 2.05) is 48.5 Å². The first-order chi connectivity index (χ1) is 11.8. The molecule has 2 aliphatic rings. The van der Waals surface area contributed by atoms with E-state index in [4.69, 9.17) is 18.9 Å². The Hall–Kier alpha value is -2.30. The van der Waals surface area contributed by atoms with E-state index < -0.39 is 0 Å². The van der Waals surface area contributed by atoms with Crippen molar-refractivity contribution in [2.24, 2.45) is 0 Å². The third-order valence-corrected chi connectivity index (χ3v) is 3.90.